The molecule has 4 aliphatic rings. The molecule has 0 spiro atoms. The molecule has 0 bridgehead atoms. The van der Waals surface area contributed by atoms with E-state index in [9.17, 15) is 34.5 Å². The van der Waals surface area contributed by atoms with E-state index in [2.05, 4.69) is 23.7 Å². The average molecular weight is 701 g/mol. The van der Waals surface area contributed by atoms with Crippen LogP contribution in [0.15, 0.2) is 36.2 Å². The van der Waals surface area contributed by atoms with E-state index in [0.29, 0.717) is 35.4 Å². The minimum absolute atomic E-state index is 0. The number of amides is 2. The molecule has 0 aromatic carbocycles. The molecule has 2 aromatic heterocycles. The maximum atomic E-state index is 12.6. The molecule has 0 radical (unpaired) electrons. The number of fused-ring (bicyclic) bond motifs is 2. The van der Waals surface area contributed by atoms with Crippen molar-refractivity contribution >= 4 is 34.9 Å². The number of hydrogen-bond donors (Lipinski definition) is 2. The van der Waals surface area contributed by atoms with Crippen molar-refractivity contribution in [3.8, 4) is 0 Å². The number of carbonyl (C=O) groups is 4. The number of rotatable bonds is 12. The SMILES string of the molecule is C=CCOC(=O)C1=C(c2cc(C)n(CCC)n2)C[C@@H]2[C@@H]([C@@H](C)O)C(=O)N12.CCCn1nc(C2=C(C(=O)[O-])N3C(=O)[C@H]([C@@H](C)O)[C@H]3C2)cc1C.[Na+]. The van der Waals surface area contributed by atoms with Crippen molar-refractivity contribution in [1.29, 1.82) is 0 Å². The van der Waals surface area contributed by atoms with Crippen molar-refractivity contribution < 1.29 is 68.8 Å². The Kier molecular flexibility index (Phi) is 12.4. The summed E-state index contributed by atoms with van der Waals surface area (Å²) >= 11 is 0. The molecule has 2 aromatic rings. The number of nitrogens with zero attached hydrogens (tertiary/aromatic N) is 6. The van der Waals surface area contributed by atoms with Gasteiger partial charge < -0.3 is 34.7 Å². The Morgan fingerprint density at radius 1 is 0.900 bits per heavy atom. The van der Waals surface area contributed by atoms with Gasteiger partial charge in [0.15, 0.2) is 0 Å². The normalized spacial score (nSPS) is 23.3. The van der Waals surface area contributed by atoms with E-state index in [-0.39, 0.29) is 71.5 Å². The third-order valence-electron chi connectivity index (χ3n) is 9.63. The zero-order valence-corrected chi connectivity index (χ0v) is 31.9. The molecule has 4 aliphatic heterocycles. The third kappa shape index (κ3) is 6.88. The second-order valence-corrected chi connectivity index (χ2v) is 13.1. The summed E-state index contributed by atoms with van der Waals surface area (Å²) in [5.74, 6) is -3.57. The predicted molar refractivity (Wildman–Crippen MR) is 175 cm³/mol. The molecule has 0 aliphatic carbocycles. The molecule has 14 nitrogen and oxygen atoms in total. The number of carbonyl (C=O) groups excluding carboxylic acids is 4. The van der Waals surface area contributed by atoms with Crippen LogP contribution in [-0.4, -0.2) is 94.2 Å². The third-order valence-corrected chi connectivity index (χ3v) is 9.63. The molecule has 6 rings (SSSR count). The number of esters is 1. The number of aliphatic hydroxyl groups is 2. The number of ether oxygens (including phenoxy) is 1. The van der Waals surface area contributed by atoms with Gasteiger partial charge in [0.25, 0.3) is 0 Å². The van der Waals surface area contributed by atoms with E-state index >= 15 is 0 Å². The molecule has 0 unspecified atom stereocenters. The van der Waals surface area contributed by atoms with Crippen LogP contribution in [0.5, 0.6) is 0 Å². The molecule has 2 amide bonds. The van der Waals surface area contributed by atoms with Crippen LogP contribution in [0.2, 0.25) is 0 Å². The number of hydrogen-bond acceptors (Lipinski definition) is 10. The summed E-state index contributed by atoms with van der Waals surface area (Å²) in [6, 6.07) is 3.23. The summed E-state index contributed by atoms with van der Waals surface area (Å²) in [7, 11) is 0. The van der Waals surface area contributed by atoms with Crippen molar-refractivity contribution in [1.82, 2.24) is 29.4 Å². The number of aliphatic hydroxyl groups excluding tert-OH is 2. The van der Waals surface area contributed by atoms with Gasteiger partial charge in [-0.25, -0.2) is 4.79 Å². The largest absolute Gasteiger partial charge is 1.00 e. The second-order valence-electron chi connectivity index (χ2n) is 13.1. The first-order chi connectivity index (χ1) is 23.3. The van der Waals surface area contributed by atoms with Gasteiger partial charge in [0.05, 0.1) is 59.2 Å². The number of carboxylic acids is 1. The summed E-state index contributed by atoms with van der Waals surface area (Å²) < 4.78 is 8.94. The zero-order valence-electron chi connectivity index (χ0n) is 29.9. The summed E-state index contributed by atoms with van der Waals surface area (Å²) in [4.78, 5) is 51.5. The first kappa shape index (κ1) is 39.2. The standard InChI is InChI=1S/C19H25N3O4.C16H21N3O4.Na/c1-5-7-21-11(3)9-14(20-21)13-10-15-16(12(4)23)18(24)22(15)17(13)19(25)26-8-6-2;1-4-5-18-8(2)6-11(17-18)10-7-12-13(9(3)20)15(21)19(12)14(10)16(22)23;/h6,9,12,15-16,23H,2,5,7-8,10H2,1,3-4H3;6,9,12-13,20H,4-5,7H2,1-3H3,(H,22,23);/q;;+1/p-1/t12-,15-,16-;9-,12-,13-;/m11./s1. The maximum absolute atomic E-state index is 12.6. The van der Waals surface area contributed by atoms with Gasteiger partial charge in [0, 0.05) is 35.6 Å². The van der Waals surface area contributed by atoms with Crippen molar-refractivity contribution in [3.63, 3.8) is 0 Å². The van der Waals surface area contributed by atoms with Crippen molar-refractivity contribution in [2.24, 2.45) is 11.8 Å². The van der Waals surface area contributed by atoms with Crippen LogP contribution in [0.25, 0.3) is 11.1 Å². The molecule has 6 heterocycles. The maximum Gasteiger partial charge on any atom is 1.00 e. The molecule has 0 saturated carbocycles. The molecule has 6 atom stereocenters. The molecule has 2 fully saturated rings. The molecule has 15 heteroatoms. The van der Waals surface area contributed by atoms with Crippen LogP contribution >= 0.6 is 0 Å². The Labute approximate surface area is 313 Å². The van der Waals surface area contributed by atoms with E-state index < -0.39 is 36.0 Å². The first-order valence-corrected chi connectivity index (χ1v) is 16.8. The van der Waals surface area contributed by atoms with E-state index in [0.717, 1.165) is 37.3 Å². The van der Waals surface area contributed by atoms with E-state index in [1.54, 1.807) is 13.8 Å². The number of aromatic nitrogens is 4. The minimum atomic E-state index is -1.37. The van der Waals surface area contributed by atoms with Crippen molar-refractivity contribution in [3.05, 3.63) is 59.0 Å². The van der Waals surface area contributed by atoms with E-state index in [1.165, 1.54) is 15.9 Å². The van der Waals surface area contributed by atoms with Crippen molar-refractivity contribution in [2.75, 3.05) is 6.61 Å². The average Bonchev–Trinajstić information content (AvgIpc) is 3.77. The van der Waals surface area contributed by atoms with Crippen LogP contribution in [0.3, 0.4) is 0 Å². The van der Waals surface area contributed by atoms with Gasteiger partial charge in [-0.05, 0) is 65.5 Å². The quantitative estimate of drug-likeness (QED) is 0.112. The molecule has 264 valence electrons. The molecular weight excluding hydrogens is 655 g/mol. The van der Waals surface area contributed by atoms with Gasteiger partial charge in [0.1, 0.15) is 12.3 Å². The smallest absolute Gasteiger partial charge is 0.543 e. The van der Waals surface area contributed by atoms with Crippen LogP contribution in [0.4, 0.5) is 0 Å². The predicted octanol–water partition coefficient (Wildman–Crippen LogP) is -1.67. The Morgan fingerprint density at radius 2 is 1.32 bits per heavy atom. The topological polar surface area (TPSA) is 183 Å². The van der Waals surface area contributed by atoms with Crippen LogP contribution in [-0.2, 0) is 37.0 Å². The number of carboxylic acid groups (broad SMARTS) is 1. The fourth-order valence-corrected chi connectivity index (χ4v) is 7.37. The minimum Gasteiger partial charge on any atom is -0.543 e. The Hall–Kier alpha value is -3.56. The van der Waals surface area contributed by atoms with Gasteiger partial charge in [-0.1, -0.05) is 26.5 Å². The van der Waals surface area contributed by atoms with Crippen molar-refractivity contribution in [2.45, 2.75) is 105 Å². The van der Waals surface area contributed by atoms with Crippen LogP contribution < -0.4 is 34.7 Å². The number of β-lactam (4-membered cyclic amide) rings is 2. The first-order valence-electron chi connectivity index (χ1n) is 16.8. The van der Waals surface area contributed by atoms with Gasteiger partial charge in [0.2, 0.25) is 11.8 Å². The Balaban J connectivity index is 0.000000222. The monoisotopic (exact) mass is 700 g/mol. The summed E-state index contributed by atoms with van der Waals surface area (Å²) in [5, 5.41) is 40.3. The molecular formula is C35H45N6NaO8. The van der Waals surface area contributed by atoms with Gasteiger partial charge in [-0.15, -0.1) is 0 Å². The van der Waals surface area contributed by atoms with E-state index in [4.69, 9.17) is 4.74 Å². The number of aliphatic carboxylic acids is 1. The molecule has 2 saturated heterocycles. The second kappa shape index (κ2) is 15.8. The summed E-state index contributed by atoms with van der Waals surface area (Å²) in [6.07, 6.45) is 2.67. The summed E-state index contributed by atoms with van der Waals surface area (Å²) in [6.45, 7) is 16.3. The Morgan fingerprint density at radius 3 is 1.70 bits per heavy atom. The van der Waals surface area contributed by atoms with Crippen LogP contribution in [0.1, 0.15) is 76.2 Å². The van der Waals surface area contributed by atoms with E-state index in [1.807, 2.05) is 42.3 Å². The fourth-order valence-electron chi connectivity index (χ4n) is 7.37. The Bertz CT molecular complexity index is 1740. The zero-order chi connectivity index (χ0) is 35.9. The number of aryl methyl sites for hydroxylation is 4. The van der Waals surface area contributed by atoms with Crippen LogP contribution in [0, 0.1) is 25.7 Å². The molecule has 50 heavy (non-hydrogen) atoms. The summed E-state index contributed by atoms with van der Waals surface area (Å²) in [5.41, 5.74) is 4.58. The fraction of sp³-hybridized carbons (Fsp3) is 0.543. The van der Waals surface area contributed by atoms with Gasteiger partial charge in [-0.2, -0.15) is 10.2 Å². The van der Waals surface area contributed by atoms with Gasteiger partial charge in [-0.3, -0.25) is 19.0 Å². The van der Waals surface area contributed by atoms with Gasteiger partial charge >= 0.3 is 35.5 Å². The molecule has 2 N–H and O–H groups in total.